The lowest BCUT2D eigenvalue weighted by Gasteiger charge is -2.29. The molecule has 0 saturated heterocycles. The van der Waals surface area contributed by atoms with Crippen LogP contribution in [-0.4, -0.2) is 49.7 Å². The van der Waals surface area contributed by atoms with E-state index in [0.29, 0.717) is 11.1 Å². The van der Waals surface area contributed by atoms with Gasteiger partial charge in [0.2, 0.25) is 0 Å². The second-order valence-electron chi connectivity index (χ2n) is 7.44. The number of benzene rings is 2. The van der Waals surface area contributed by atoms with Crippen LogP contribution in [0.5, 0.6) is 0 Å². The van der Waals surface area contributed by atoms with Crippen LogP contribution >= 0.6 is 23.2 Å². The zero-order valence-electron chi connectivity index (χ0n) is 18.2. The first-order valence-corrected chi connectivity index (χ1v) is 10.5. The molecule has 34 heavy (non-hydrogen) atoms. The Balaban J connectivity index is 1.94. The zero-order valence-corrected chi connectivity index (χ0v) is 19.7. The van der Waals surface area contributed by atoms with E-state index in [0.717, 1.165) is 24.1 Å². The number of hydrogen-bond donors (Lipinski definition) is 0. The van der Waals surface area contributed by atoms with Crippen molar-refractivity contribution in [2.24, 2.45) is 5.16 Å². The van der Waals surface area contributed by atoms with Crippen molar-refractivity contribution in [1.82, 2.24) is 4.90 Å². The van der Waals surface area contributed by atoms with E-state index in [1.165, 1.54) is 31.4 Å². The van der Waals surface area contributed by atoms with Crippen molar-refractivity contribution >= 4 is 40.9 Å². The molecule has 0 unspecified atom stereocenters. The van der Waals surface area contributed by atoms with Crippen molar-refractivity contribution in [3.63, 3.8) is 0 Å². The molecule has 2 aromatic rings. The van der Waals surface area contributed by atoms with Gasteiger partial charge < -0.3 is 14.3 Å². The van der Waals surface area contributed by atoms with Crippen LogP contribution < -0.4 is 0 Å². The third kappa shape index (κ3) is 4.84. The second kappa shape index (κ2) is 9.81. The third-order valence-electron chi connectivity index (χ3n) is 5.20. The van der Waals surface area contributed by atoms with E-state index < -0.39 is 30.2 Å². The van der Waals surface area contributed by atoms with E-state index in [1.807, 2.05) is 0 Å². The first-order chi connectivity index (χ1) is 15.9. The van der Waals surface area contributed by atoms with Crippen molar-refractivity contribution in [3.05, 3.63) is 68.7 Å². The molecule has 0 spiro atoms. The average molecular weight is 519 g/mol. The van der Waals surface area contributed by atoms with Gasteiger partial charge in [0, 0.05) is 34.7 Å². The summed E-state index contributed by atoms with van der Waals surface area (Å²) in [5, 5.41) is 3.75. The minimum absolute atomic E-state index is 0.0113. The van der Waals surface area contributed by atoms with Gasteiger partial charge in [0.15, 0.2) is 0 Å². The van der Waals surface area contributed by atoms with Crippen molar-refractivity contribution in [2.45, 2.75) is 25.1 Å². The van der Waals surface area contributed by atoms with E-state index in [9.17, 15) is 22.8 Å². The van der Waals surface area contributed by atoms with Crippen LogP contribution in [-0.2, 0) is 19.9 Å². The number of amides is 2. The molecule has 0 radical (unpaired) electrons. The summed E-state index contributed by atoms with van der Waals surface area (Å²) in [5.74, 6) is -0.694. The Morgan fingerprint density at radius 3 is 2.32 bits per heavy atom. The maximum Gasteiger partial charge on any atom is 0.435 e. The van der Waals surface area contributed by atoms with E-state index >= 15 is 0 Å². The number of methoxy groups -OCH3 is 2. The molecule has 1 heterocycles. The molecule has 0 aromatic heterocycles. The monoisotopic (exact) mass is 518 g/mol. The Morgan fingerprint density at radius 2 is 1.79 bits per heavy atom. The summed E-state index contributed by atoms with van der Waals surface area (Å²) in [6.07, 6.45) is -6.39. The number of rotatable bonds is 5. The lowest BCUT2D eigenvalue weighted by molar-refractivity contribution is -0.275. The van der Waals surface area contributed by atoms with Crippen LogP contribution in [0, 0.1) is 6.92 Å². The standard InChI is InChI=1S/C22H19Cl2F3N2O5/c1-12-6-13(4-5-17(12)19(30)29(11-32-2)20(31)33-3)18-10-21(34-28-18,22(25,26)27)14-7-15(23)9-16(24)8-14/h4-9H,10-11H2,1-3H3/t21-/m0/s1. The van der Waals surface area contributed by atoms with Crippen molar-refractivity contribution in [2.75, 3.05) is 21.0 Å². The van der Waals surface area contributed by atoms with Gasteiger partial charge in [-0.2, -0.15) is 13.2 Å². The summed E-state index contributed by atoms with van der Waals surface area (Å²) >= 11 is 11.8. The highest BCUT2D eigenvalue weighted by Gasteiger charge is 2.62. The van der Waals surface area contributed by atoms with Crippen molar-refractivity contribution < 1.29 is 37.1 Å². The fraction of sp³-hybridized carbons (Fsp3) is 0.318. The SMILES string of the molecule is COCN(C(=O)OC)C(=O)c1ccc(C2=NO[C@@](c3cc(Cl)cc(Cl)c3)(C(F)(F)F)C2)cc1C. The molecule has 2 amide bonds. The molecule has 0 bridgehead atoms. The summed E-state index contributed by atoms with van der Waals surface area (Å²) < 4.78 is 52.0. The highest BCUT2D eigenvalue weighted by atomic mass is 35.5. The van der Waals surface area contributed by atoms with Crippen LogP contribution in [0.2, 0.25) is 10.0 Å². The quantitative estimate of drug-likeness (QED) is 0.474. The van der Waals surface area contributed by atoms with Crippen molar-refractivity contribution in [3.8, 4) is 0 Å². The molecule has 2 aromatic carbocycles. The number of alkyl halides is 3. The van der Waals surface area contributed by atoms with Crippen molar-refractivity contribution in [1.29, 1.82) is 0 Å². The number of hydrogen-bond acceptors (Lipinski definition) is 6. The molecule has 182 valence electrons. The largest absolute Gasteiger partial charge is 0.452 e. The van der Waals surface area contributed by atoms with E-state index in [4.69, 9.17) is 32.8 Å². The molecule has 0 saturated carbocycles. The molecule has 0 fully saturated rings. The number of oxime groups is 1. The molecular formula is C22H19Cl2F3N2O5. The van der Waals surface area contributed by atoms with Crippen LogP contribution in [0.15, 0.2) is 41.6 Å². The lowest BCUT2D eigenvalue weighted by Crippen LogP contribution is -2.42. The van der Waals surface area contributed by atoms with Gasteiger partial charge in [-0.1, -0.05) is 34.4 Å². The zero-order chi connectivity index (χ0) is 25.3. The maximum atomic E-state index is 14.2. The first-order valence-electron chi connectivity index (χ1n) is 9.71. The first kappa shape index (κ1) is 25.8. The van der Waals surface area contributed by atoms with Crippen LogP contribution in [0.25, 0.3) is 0 Å². The highest BCUT2D eigenvalue weighted by Crippen LogP contribution is 2.49. The van der Waals surface area contributed by atoms with Gasteiger partial charge >= 0.3 is 12.3 Å². The van der Waals surface area contributed by atoms with Gasteiger partial charge in [-0.3, -0.25) is 4.79 Å². The third-order valence-corrected chi connectivity index (χ3v) is 5.64. The van der Waals surface area contributed by atoms with E-state index in [2.05, 4.69) is 9.89 Å². The number of imide groups is 1. The number of aryl methyl sites for hydroxylation is 1. The summed E-state index contributed by atoms with van der Waals surface area (Å²) in [5.41, 5.74) is -2.21. The van der Waals surface area contributed by atoms with E-state index in [1.54, 1.807) is 6.92 Å². The molecule has 1 aliphatic heterocycles. The van der Waals surface area contributed by atoms with Crippen LogP contribution in [0.3, 0.4) is 0 Å². The summed E-state index contributed by atoms with van der Waals surface area (Å²) in [6, 6.07) is 7.85. The second-order valence-corrected chi connectivity index (χ2v) is 8.31. The molecule has 1 atom stereocenters. The fourth-order valence-electron chi connectivity index (χ4n) is 3.51. The van der Waals surface area contributed by atoms with Crippen LogP contribution in [0.1, 0.15) is 33.5 Å². The minimum Gasteiger partial charge on any atom is -0.452 e. The predicted molar refractivity (Wildman–Crippen MR) is 118 cm³/mol. The smallest absolute Gasteiger partial charge is 0.435 e. The number of carbonyl (C=O) groups is 2. The maximum absolute atomic E-state index is 14.2. The molecule has 1 aliphatic rings. The Hall–Kier alpha value is -2.82. The summed E-state index contributed by atoms with van der Waals surface area (Å²) in [4.78, 5) is 30.4. The van der Waals surface area contributed by atoms with Gasteiger partial charge in [0.25, 0.3) is 11.5 Å². The van der Waals surface area contributed by atoms with Gasteiger partial charge in [0.1, 0.15) is 6.73 Å². The number of carbonyl (C=O) groups excluding carboxylic acids is 2. The molecule has 0 aliphatic carbocycles. The Kier molecular flexibility index (Phi) is 7.44. The van der Waals surface area contributed by atoms with Crippen LogP contribution in [0.4, 0.5) is 18.0 Å². The molecule has 3 rings (SSSR count). The average Bonchev–Trinajstić information content (AvgIpc) is 3.23. The topological polar surface area (TPSA) is 77.4 Å². The number of ether oxygens (including phenoxy) is 2. The summed E-state index contributed by atoms with van der Waals surface area (Å²) in [7, 11) is 2.42. The Morgan fingerprint density at radius 1 is 1.15 bits per heavy atom. The Labute approximate surface area is 203 Å². The molecule has 0 N–H and O–H groups in total. The number of halogens is 5. The summed E-state index contributed by atoms with van der Waals surface area (Å²) in [6.45, 7) is 1.23. The van der Waals surface area contributed by atoms with Gasteiger partial charge in [-0.15, -0.1) is 0 Å². The molecule has 12 heteroatoms. The minimum atomic E-state index is -4.83. The Bertz CT molecular complexity index is 1140. The number of nitrogens with zero attached hydrogens (tertiary/aromatic N) is 2. The van der Waals surface area contributed by atoms with Gasteiger partial charge in [-0.25, -0.2) is 9.69 Å². The molecule has 7 nitrogen and oxygen atoms in total. The van der Waals surface area contributed by atoms with Gasteiger partial charge in [0.05, 0.1) is 12.8 Å². The molecular weight excluding hydrogens is 500 g/mol. The predicted octanol–water partition coefficient (Wildman–Crippen LogP) is 5.70. The fourth-order valence-corrected chi connectivity index (χ4v) is 4.03. The van der Waals surface area contributed by atoms with Gasteiger partial charge in [-0.05, 0) is 48.4 Å². The highest BCUT2D eigenvalue weighted by molar-refractivity contribution is 6.34. The lowest BCUT2D eigenvalue weighted by atomic mass is 9.86. The normalized spacial score (nSPS) is 17.7. The van der Waals surface area contributed by atoms with E-state index in [-0.39, 0.29) is 33.6 Å².